The molecule has 0 bridgehead atoms. The maximum atomic E-state index is 12.5. The minimum Gasteiger partial charge on any atom is -0.375 e. The van der Waals surface area contributed by atoms with Gasteiger partial charge in [-0.1, -0.05) is 12.8 Å². The Bertz CT molecular complexity index is 498. The van der Waals surface area contributed by atoms with Crippen molar-refractivity contribution < 1.29 is 9.53 Å². The van der Waals surface area contributed by atoms with Crippen molar-refractivity contribution in [3.05, 3.63) is 18.2 Å². The van der Waals surface area contributed by atoms with E-state index in [2.05, 4.69) is 18.8 Å². The molecule has 3 rings (SSSR count). The summed E-state index contributed by atoms with van der Waals surface area (Å²) >= 11 is 0. The SMILES string of the molecule is CC(C)n1cnc(C(=O)N2CCC(OC3CCCC3)CC2)c1. The Labute approximate surface area is 132 Å². The van der Waals surface area contributed by atoms with Crippen LogP contribution in [0, 0.1) is 0 Å². The largest absolute Gasteiger partial charge is 0.375 e. The highest BCUT2D eigenvalue weighted by Gasteiger charge is 2.27. The van der Waals surface area contributed by atoms with Gasteiger partial charge < -0.3 is 14.2 Å². The number of carbonyl (C=O) groups is 1. The van der Waals surface area contributed by atoms with E-state index in [-0.39, 0.29) is 5.91 Å². The maximum absolute atomic E-state index is 12.5. The van der Waals surface area contributed by atoms with Crippen LogP contribution in [0.1, 0.15) is 68.9 Å². The number of rotatable bonds is 4. The third kappa shape index (κ3) is 3.51. The molecule has 0 unspecified atom stereocenters. The van der Waals surface area contributed by atoms with Gasteiger partial charge in [0, 0.05) is 25.3 Å². The first-order chi connectivity index (χ1) is 10.6. The summed E-state index contributed by atoms with van der Waals surface area (Å²) in [5.41, 5.74) is 0.559. The molecule has 0 aromatic carbocycles. The number of hydrogen-bond acceptors (Lipinski definition) is 3. The second-order valence-electron chi connectivity index (χ2n) is 6.83. The molecule has 5 heteroatoms. The second kappa shape index (κ2) is 6.82. The van der Waals surface area contributed by atoms with Crippen LogP contribution in [0.15, 0.2) is 12.5 Å². The van der Waals surface area contributed by atoms with Crippen LogP contribution >= 0.6 is 0 Å². The summed E-state index contributed by atoms with van der Waals surface area (Å²) in [6.45, 7) is 5.74. The lowest BCUT2D eigenvalue weighted by Gasteiger charge is -2.33. The summed E-state index contributed by atoms with van der Waals surface area (Å²) in [5, 5.41) is 0. The first kappa shape index (κ1) is 15.5. The molecule has 5 nitrogen and oxygen atoms in total. The normalized spacial score (nSPS) is 21.0. The van der Waals surface area contributed by atoms with E-state index in [1.165, 1.54) is 25.7 Å². The molecule has 1 aromatic rings. The fourth-order valence-electron chi connectivity index (χ4n) is 3.38. The van der Waals surface area contributed by atoms with E-state index < -0.39 is 0 Å². The van der Waals surface area contributed by atoms with E-state index in [1.807, 2.05) is 15.7 Å². The van der Waals surface area contributed by atoms with Crippen molar-refractivity contribution in [1.29, 1.82) is 0 Å². The van der Waals surface area contributed by atoms with Gasteiger partial charge in [-0.2, -0.15) is 0 Å². The van der Waals surface area contributed by atoms with Crippen molar-refractivity contribution in [2.75, 3.05) is 13.1 Å². The van der Waals surface area contributed by atoms with Gasteiger partial charge in [-0.3, -0.25) is 4.79 Å². The lowest BCUT2D eigenvalue weighted by Crippen LogP contribution is -2.41. The van der Waals surface area contributed by atoms with Crippen molar-refractivity contribution in [1.82, 2.24) is 14.5 Å². The summed E-state index contributed by atoms with van der Waals surface area (Å²) < 4.78 is 8.14. The zero-order valence-corrected chi connectivity index (χ0v) is 13.7. The third-order valence-electron chi connectivity index (χ3n) is 4.83. The van der Waals surface area contributed by atoms with E-state index in [1.54, 1.807) is 6.33 Å². The number of imidazole rings is 1. The van der Waals surface area contributed by atoms with Crippen molar-refractivity contribution in [3.63, 3.8) is 0 Å². The zero-order valence-electron chi connectivity index (χ0n) is 13.7. The van der Waals surface area contributed by atoms with Crippen LogP contribution in [0.25, 0.3) is 0 Å². The molecule has 1 amide bonds. The van der Waals surface area contributed by atoms with Gasteiger partial charge in [0.15, 0.2) is 0 Å². The summed E-state index contributed by atoms with van der Waals surface area (Å²) in [6.07, 6.45) is 11.3. The fraction of sp³-hybridized carbons (Fsp3) is 0.765. The van der Waals surface area contributed by atoms with E-state index in [0.29, 0.717) is 23.9 Å². The van der Waals surface area contributed by atoms with Crippen LogP contribution < -0.4 is 0 Å². The number of hydrogen-bond donors (Lipinski definition) is 0. The van der Waals surface area contributed by atoms with Crippen molar-refractivity contribution >= 4 is 5.91 Å². The predicted octanol–water partition coefficient (Wildman–Crippen LogP) is 3.03. The fourth-order valence-corrected chi connectivity index (χ4v) is 3.38. The van der Waals surface area contributed by atoms with Crippen LogP contribution in [0.4, 0.5) is 0 Å². The predicted molar refractivity (Wildman–Crippen MR) is 84.9 cm³/mol. The van der Waals surface area contributed by atoms with Crippen LogP contribution in [-0.4, -0.2) is 45.7 Å². The lowest BCUT2D eigenvalue weighted by atomic mass is 10.1. The number of aromatic nitrogens is 2. The van der Waals surface area contributed by atoms with Crippen LogP contribution in [-0.2, 0) is 4.74 Å². The number of amides is 1. The molecule has 1 aliphatic carbocycles. The van der Waals surface area contributed by atoms with Gasteiger partial charge in [-0.15, -0.1) is 0 Å². The summed E-state index contributed by atoms with van der Waals surface area (Å²) in [4.78, 5) is 18.7. The summed E-state index contributed by atoms with van der Waals surface area (Å²) in [6, 6.07) is 0.333. The van der Waals surface area contributed by atoms with Gasteiger partial charge in [-0.25, -0.2) is 4.98 Å². The highest BCUT2D eigenvalue weighted by Crippen LogP contribution is 2.25. The molecule has 0 N–H and O–H groups in total. The average molecular weight is 305 g/mol. The molecule has 1 saturated heterocycles. The molecule has 1 saturated carbocycles. The van der Waals surface area contributed by atoms with Crippen LogP contribution in [0.3, 0.4) is 0 Å². The van der Waals surface area contributed by atoms with E-state index in [0.717, 1.165) is 25.9 Å². The first-order valence-corrected chi connectivity index (χ1v) is 8.61. The monoisotopic (exact) mass is 305 g/mol. The van der Waals surface area contributed by atoms with Gasteiger partial charge in [0.2, 0.25) is 0 Å². The molecule has 0 radical (unpaired) electrons. The Morgan fingerprint density at radius 1 is 1.18 bits per heavy atom. The van der Waals surface area contributed by atoms with Crippen molar-refractivity contribution in [2.45, 2.75) is 70.6 Å². The molecular formula is C17H27N3O2. The van der Waals surface area contributed by atoms with Crippen molar-refractivity contribution in [3.8, 4) is 0 Å². The Balaban J connectivity index is 1.50. The van der Waals surface area contributed by atoms with Gasteiger partial charge in [0.05, 0.1) is 18.5 Å². The minimum absolute atomic E-state index is 0.0544. The number of carbonyl (C=O) groups excluding carboxylic acids is 1. The number of likely N-dealkylation sites (tertiary alicyclic amines) is 1. The Hall–Kier alpha value is -1.36. The highest BCUT2D eigenvalue weighted by molar-refractivity contribution is 5.92. The quantitative estimate of drug-likeness (QED) is 0.859. The number of piperidine rings is 1. The first-order valence-electron chi connectivity index (χ1n) is 8.61. The van der Waals surface area contributed by atoms with Gasteiger partial charge in [0.25, 0.3) is 5.91 Å². The molecule has 1 aliphatic heterocycles. The molecule has 2 fully saturated rings. The number of nitrogens with zero attached hydrogens (tertiary/aromatic N) is 3. The summed E-state index contributed by atoms with van der Waals surface area (Å²) in [7, 11) is 0. The Morgan fingerprint density at radius 2 is 1.82 bits per heavy atom. The van der Waals surface area contributed by atoms with E-state index >= 15 is 0 Å². The topological polar surface area (TPSA) is 47.4 Å². The average Bonchev–Trinajstić information content (AvgIpc) is 3.18. The lowest BCUT2D eigenvalue weighted by molar-refractivity contribution is -0.0358. The summed E-state index contributed by atoms with van der Waals surface area (Å²) in [5.74, 6) is 0.0544. The van der Waals surface area contributed by atoms with Crippen molar-refractivity contribution in [2.24, 2.45) is 0 Å². The smallest absolute Gasteiger partial charge is 0.274 e. The standard InChI is InChI=1S/C17H27N3O2/c1-13(2)20-11-16(18-12-20)17(21)19-9-7-15(8-10-19)22-14-5-3-4-6-14/h11-15H,3-10H2,1-2H3. The molecule has 0 atom stereocenters. The third-order valence-corrected chi connectivity index (χ3v) is 4.83. The molecule has 22 heavy (non-hydrogen) atoms. The Morgan fingerprint density at radius 3 is 2.41 bits per heavy atom. The Kier molecular flexibility index (Phi) is 4.81. The van der Waals surface area contributed by atoms with Crippen LogP contribution in [0.5, 0.6) is 0 Å². The minimum atomic E-state index is 0.0544. The molecule has 2 heterocycles. The van der Waals surface area contributed by atoms with E-state index in [9.17, 15) is 4.79 Å². The number of ether oxygens (including phenoxy) is 1. The van der Waals surface area contributed by atoms with Gasteiger partial charge >= 0.3 is 0 Å². The molecule has 2 aliphatic rings. The second-order valence-corrected chi connectivity index (χ2v) is 6.83. The van der Waals surface area contributed by atoms with Gasteiger partial charge in [0.1, 0.15) is 5.69 Å². The zero-order chi connectivity index (χ0) is 15.5. The molecular weight excluding hydrogens is 278 g/mol. The molecule has 0 spiro atoms. The maximum Gasteiger partial charge on any atom is 0.274 e. The van der Waals surface area contributed by atoms with E-state index in [4.69, 9.17) is 4.74 Å². The highest BCUT2D eigenvalue weighted by atomic mass is 16.5. The molecule has 122 valence electrons. The van der Waals surface area contributed by atoms with Gasteiger partial charge in [-0.05, 0) is 39.5 Å². The van der Waals surface area contributed by atoms with Crippen LogP contribution in [0.2, 0.25) is 0 Å². The molecule has 1 aromatic heterocycles.